The molecule has 2 amide bonds. The van der Waals surface area contributed by atoms with Crippen LogP contribution in [0.5, 0.6) is 0 Å². The lowest BCUT2D eigenvalue weighted by Crippen LogP contribution is -2.60. The number of aliphatic imine (C=N–C) groups is 1. The Labute approximate surface area is 192 Å². The summed E-state index contributed by atoms with van der Waals surface area (Å²) < 4.78 is 14.1. The second kappa shape index (κ2) is 8.24. The molecule has 0 bridgehead atoms. The van der Waals surface area contributed by atoms with E-state index in [1.54, 1.807) is 6.07 Å². The molecule has 1 aliphatic carbocycles. The van der Waals surface area contributed by atoms with Gasteiger partial charge >= 0.3 is 6.03 Å². The van der Waals surface area contributed by atoms with Crippen LogP contribution in [0.4, 0.5) is 14.9 Å². The van der Waals surface area contributed by atoms with Crippen LogP contribution < -0.4 is 10.2 Å². The van der Waals surface area contributed by atoms with Crippen molar-refractivity contribution in [3.05, 3.63) is 30.1 Å². The molecule has 0 aromatic heterocycles. The van der Waals surface area contributed by atoms with Gasteiger partial charge in [-0.15, -0.1) is 0 Å². The number of urea groups is 1. The van der Waals surface area contributed by atoms with Crippen molar-refractivity contribution in [2.75, 3.05) is 18.0 Å². The maximum absolute atomic E-state index is 14.1. The van der Waals surface area contributed by atoms with Crippen LogP contribution in [0.15, 0.2) is 29.3 Å². The predicted octanol–water partition coefficient (Wildman–Crippen LogP) is 5.26. The number of piperidine rings is 1. The molecule has 7 heteroatoms. The van der Waals surface area contributed by atoms with Crippen LogP contribution in [0.2, 0.25) is 25.2 Å². The summed E-state index contributed by atoms with van der Waals surface area (Å²) in [5.74, 6) is 1.35. The molecule has 5 rings (SSSR count). The second-order valence-electron chi connectivity index (χ2n) is 11.4. The van der Waals surface area contributed by atoms with Gasteiger partial charge in [0.15, 0.2) is 0 Å². The number of rotatable bonds is 4. The number of anilines is 1. The third-order valence-electron chi connectivity index (χ3n) is 8.40. The molecule has 3 aliphatic heterocycles. The van der Waals surface area contributed by atoms with Crippen LogP contribution in [-0.4, -0.2) is 55.6 Å². The molecule has 0 radical (unpaired) electrons. The van der Waals surface area contributed by atoms with E-state index < -0.39 is 13.6 Å². The minimum absolute atomic E-state index is 0.163. The van der Waals surface area contributed by atoms with Gasteiger partial charge in [0, 0.05) is 38.9 Å². The second-order valence-corrected chi connectivity index (χ2v) is 16.6. The fourth-order valence-corrected chi connectivity index (χ4v) is 9.25. The zero-order valence-electron chi connectivity index (χ0n) is 19.7. The standard InChI is InChI=1S/C25H37FN4OSi/c1-18-15-25(11-12-29(18)16-19-6-4-7-19)23(27-21-10-13-32(2,3)17-21)28-24(31)30(25)22-9-5-8-20(26)14-22/h5,8-9,14,18-19,21H,4,6-7,10-13,15-17H2,1-3H3,(H,27,28,31)/t18-,21?,25+/m0/s1. The van der Waals surface area contributed by atoms with Gasteiger partial charge in [0.05, 0.1) is 0 Å². The lowest BCUT2D eigenvalue weighted by atomic mass is 9.79. The topological polar surface area (TPSA) is 47.9 Å². The van der Waals surface area contributed by atoms with E-state index in [4.69, 9.17) is 4.99 Å². The summed E-state index contributed by atoms with van der Waals surface area (Å²) in [5.41, 5.74) is 0.128. The van der Waals surface area contributed by atoms with Crippen molar-refractivity contribution in [3.63, 3.8) is 0 Å². The van der Waals surface area contributed by atoms with Gasteiger partial charge < -0.3 is 4.90 Å². The highest BCUT2D eigenvalue weighted by Crippen LogP contribution is 2.42. The number of likely N-dealkylation sites (tertiary alicyclic amines) is 1. The Hall–Kier alpha value is -1.73. The molecule has 174 valence electrons. The molecule has 4 fully saturated rings. The Morgan fingerprint density at radius 1 is 1.28 bits per heavy atom. The molecule has 4 aliphatic rings. The minimum atomic E-state index is -1.17. The minimum Gasteiger partial charge on any atom is -0.300 e. The average Bonchev–Trinajstić information content (AvgIpc) is 3.16. The van der Waals surface area contributed by atoms with Crippen molar-refractivity contribution in [1.29, 1.82) is 0 Å². The van der Waals surface area contributed by atoms with Gasteiger partial charge in [0.1, 0.15) is 17.2 Å². The van der Waals surface area contributed by atoms with E-state index in [-0.39, 0.29) is 11.8 Å². The summed E-state index contributed by atoms with van der Waals surface area (Å²) in [6.07, 6.45) is 6.85. The van der Waals surface area contributed by atoms with Crippen molar-refractivity contribution in [1.82, 2.24) is 10.2 Å². The van der Waals surface area contributed by atoms with Crippen LogP contribution >= 0.6 is 0 Å². The van der Waals surface area contributed by atoms with Crippen LogP contribution in [0.3, 0.4) is 0 Å². The number of carbonyl (C=O) groups excluding carboxylic acids is 1. The normalized spacial score (nSPS) is 34.3. The maximum atomic E-state index is 14.1. The van der Waals surface area contributed by atoms with E-state index in [1.807, 2.05) is 11.0 Å². The Balaban J connectivity index is 1.48. The quantitative estimate of drug-likeness (QED) is 0.629. The molecular formula is C25H37FN4OSi. The molecule has 3 saturated heterocycles. The molecular weight excluding hydrogens is 419 g/mol. The summed E-state index contributed by atoms with van der Waals surface area (Å²) in [6.45, 7) is 9.28. The molecule has 1 saturated carbocycles. The predicted molar refractivity (Wildman–Crippen MR) is 131 cm³/mol. The maximum Gasteiger partial charge on any atom is 0.328 e. The first-order chi connectivity index (χ1) is 15.3. The number of hydrogen-bond donors (Lipinski definition) is 1. The first kappa shape index (κ1) is 22.1. The van der Waals surface area contributed by atoms with Crippen molar-refractivity contribution in [2.24, 2.45) is 10.9 Å². The van der Waals surface area contributed by atoms with E-state index in [1.165, 1.54) is 43.5 Å². The fourth-order valence-electron chi connectivity index (χ4n) is 6.36. The van der Waals surface area contributed by atoms with Crippen molar-refractivity contribution in [2.45, 2.75) is 88.3 Å². The van der Waals surface area contributed by atoms with E-state index in [2.05, 4.69) is 30.2 Å². The Bertz CT molecular complexity index is 917. The Morgan fingerprint density at radius 3 is 2.72 bits per heavy atom. The lowest BCUT2D eigenvalue weighted by molar-refractivity contribution is 0.0908. The van der Waals surface area contributed by atoms with Gasteiger partial charge in [-0.2, -0.15) is 0 Å². The van der Waals surface area contributed by atoms with Crippen LogP contribution in [0.1, 0.15) is 45.4 Å². The monoisotopic (exact) mass is 456 g/mol. The first-order valence-corrected chi connectivity index (χ1v) is 15.9. The number of benzene rings is 1. The van der Waals surface area contributed by atoms with E-state index >= 15 is 0 Å². The molecule has 1 aromatic carbocycles. The van der Waals surface area contributed by atoms with E-state index in [0.717, 1.165) is 44.1 Å². The van der Waals surface area contributed by atoms with Crippen LogP contribution in [0, 0.1) is 11.7 Å². The van der Waals surface area contributed by atoms with Gasteiger partial charge in [-0.25, -0.2) is 9.18 Å². The van der Waals surface area contributed by atoms with Crippen molar-refractivity contribution >= 4 is 25.6 Å². The van der Waals surface area contributed by atoms with Gasteiger partial charge in [-0.05, 0) is 69.2 Å². The zero-order valence-corrected chi connectivity index (χ0v) is 20.7. The number of halogens is 1. The molecule has 1 spiro atoms. The number of hydrogen-bond acceptors (Lipinski definition) is 3. The highest BCUT2D eigenvalue weighted by atomic mass is 28.3. The number of carbonyl (C=O) groups is 1. The van der Waals surface area contributed by atoms with E-state index in [9.17, 15) is 9.18 Å². The first-order valence-electron chi connectivity index (χ1n) is 12.4. The summed E-state index contributed by atoms with van der Waals surface area (Å²) in [4.78, 5) is 22.9. The van der Waals surface area contributed by atoms with Gasteiger partial charge in [-0.3, -0.25) is 15.2 Å². The number of nitrogens with zero attached hydrogens (tertiary/aromatic N) is 3. The average molecular weight is 457 g/mol. The Kier molecular flexibility index (Phi) is 5.69. The summed E-state index contributed by atoms with van der Waals surface area (Å²) in [7, 11) is -1.17. The lowest BCUT2D eigenvalue weighted by Gasteiger charge is -2.48. The zero-order chi connectivity index (χ0) is 22.5. The molecule has 1 aromatic rings. The summed E-state index contributed by atoms with van der Waals surface area (Å²) in [5, 5.41) is 3.15. The molecule has 1 N–H and O–H groups in total. The fraction of sp³-hybridized carbons (Fsp3) is 0.680. The molecule has 1 unspecified atom stereocenters. The molecule has 32 heavy (non-hydrogen) atoms. The molecule has 3 atom stereocenters. The van der Waals surface area contributed by atoms with Gasteiger partial charge in [0.25, 0.3) is 0 Å². The van der Waals surface area contributed by atoms with Gasteiger partial charge in [-0.1, -0.05) is 31.6 Å². The van der Waals surface area contributed by atoms with E-state index in [0.29, 0.717) is 17.8 Å². The highest BCUT2D eigenvalue weighted by molar-refractivity contribution is 6.78. The smallest absolute Gasteiger partial charge is 0.300 e. The number of nitrogens with one attached hydrogen (secondary N) is 1. The van der Waals surface area contributed by atoms with Gasteiger partial charge in [0.2, 0.25) is 0 Å². The summed E-state index contributed by atoms with van der Waals surface area (Å²) in [6, 6.07) is 9.46. The van der Waals surface area contributed by atoms with Crippen LogP contribution in [0.25, 0.3) is 0 Å². The highest BCUT2D eigenvalue weighted by Gasteiger charge is 2.55. The molecule has 3 heterocycles. The number of amidine groups is 1. The SMILES string of the molecule is C[C@H]1C[C@]2(CCN1CC1CCC1)C(=NC1CC[Si](C)(C)C1)NC(=O)N2c1cccc(F)c1. The van der Waals surface area contributed by atoms with Crippen molar-refractivity contribution in [3.8, 4) is 0 Å². The van der Waals surface area contributed by atoms with Crippen molar-refractivity contribution < 1.29 is 9.18 Å². The van der Waals surface area contributed by atoms with Crippen LogP contribution in [-0.2, 0) is 0 Å². The largest absolute Gasteiger partial charge is 0.328 e. The Morgan fingerprint density at radius 2 is 2.09 bits per heavy atom. The third kappa shape index (κ3) is 4.02. The molecule has 5 nitrogen and oxygen atoms in total. The third-order valence-corrected chi connectivity index (χ3v) is 11.6. The number of amides is 2. The summed E-state index contributed by atoms with van der Waals surface area (Å²) >= 11 is 0.